The zero-order valence-corrected chi connectivity index (χ0v) is 14.5. The molecule has 0 aliphatic carbocycles. The summed E-state index contributed by atoms with van der Waals surface area (Å²) in [6, 6.07) is 7.83. The van der Waals surface area contributed by atoms with Crippen LogP contribution < -0.4 is 10.2 Å². The molecule has 0 spiro atoms. The monoisotopic (exact) mass is 350 g/mol. The van der Waals surface area contributed by atoms with Crippen LogP contribution in [0, 0.1) is 5.92 Å². The van der Waals surface area contributed by atoms with E-state index in [1.165, 1.54) is 4.90 Å². The van der Waals surface area contributed by atoms with E-state index in [1.807, 2.05) is 13.8 Å². The summed E-state index contributed by atoms with van der Waals surface area (Å²) in [4.78, 5) is 34.5. The second-order valence-corrected chi connectivity index (χ2v) is 6.71. The number of urea groups is 1. The van der Waals surface area contributed by atoms with Gasteiger partial charge >= 0.3 is 6.03 Å². The van der Waals surface area contributed by atoms with Crippen LogP contribution in [0.25, 0.3) is 22.6 Å². The number of anilines is 1. The number of benzene rings is 1. The molecule has 0 radical (unpaired) electrons. The van der Waals surface area contributed by atoms with Crippen LogP contribution >= 0.6 is 0 Å². The number of aromatic nitrogens is 2. The molecule has 3 heterocycles. The van der Waals surface area contributed by atoms with Crippen LogP contribution in [0.1, 0.15) is 20.3 Å². The molecule has 1 aliphatic rings. The molecule has 7 nitrogen and oxygen atoms in total. The maximum absolute atomic E-state index is 12.6. The second kappa shape index (κ2) is 6.25. The molecule has 0 bridgehead atoms. The van der Waals surface area contributed by atoms with E-state index in [9.17, 15) is 9.59 Å². The van der Waals surface area contributed by atoms with E-state index in [0.29, 0.717) is 35.0 Å². The Morgan fingerprint density at radius 2 is 1.96 bits per heavy atom. The fourth-order valence-electron chi connectivity index (χ4n) is 3.08. The topological polar surface area (TPSA) is 88.3 Å². The number of imide groups is 1. The van der Waals surface area contributed by atoms with Crippen LogP contribution in [0.3, 0.4) is 0 Å². The summed E-state index contributed by atoms with van der Waals surface area (Å²) in [5, 5.41) is 2.75. The molecule has 1 saturated heterocycles. The van der Waals surface area contributed by atoms with Gasteiger partial charge in [-0.3, -0.25) is 9.78 Å². The maximum Gasteiger partial charge on any atom is 0.329 e. The van der Waals surface area contributed by atoms with E-state index < -0.39 is 12.1 Å². The van der Waals surface area contributed by atoms with Crippen molar-refractivity contribution in [1.29, 1.82) is 0 Å². The Balaban J connectivity index is 1.67. The molecule has 3 amide bonds. The normalized spacial score (nSPS) is 17.3. The molecule has 7 heteroatoms. The number of nitrogens with one attached hydrogen (secondary N) is 1. The Hall–Kier alpha value is -3.22. The minimum atomic E-state index is -0.483. The van der Waals surface area contributed by atoms with Gasteiger partial charge < -0.3 is 9.73 Å². The van der Waals surface area contributed by atoms with E-state index in [4.69, 9.17) is 4.42 Å². The predicted molar refractivity (Wildman–Crippen MR) is 96.5 cm³/mol. The molecular weight excluding hydrogens is 332 g/mol. The molecule has 1 aliphatic heterocycles. The highest BCUT2D eigenvalue weighted by Gasteiger charge is 2.39. The van der Waals surface area contributed by atoms with E-state index in [1.54, 1.807) is 42.7 Å². The van der Waals surface area contributed by atoms with Gasteiger partial charge in [-0.15, -0.1) is 0 Å². The number of fused-ring (bicyclic) bond motifs is 1. The molecule has 4 rings (SSSR count). The van der Waals surface area contributed by atoms with E-state index in [-0.39, 0.29) is 5.91 Å². The van der Waals surface area contributed by atoms with Crippen LogP contribution in [0.5, 0.6) is 0 Å². The highest BCUT2D eigenvalue weighted by Crippen LogP contribution is 2.29. The molecule has 1 atom stereocenters. The largest absolute Gasteiger partial charge is 0.436 e. The van der Waals surface area contributed by atoms with Crippen molar-refractivity contribution < 1.29 is 14.0 Å². The summed E-state index contributed by atoms with van der Waals surface area (Å²) in [6.07, 6.45) is 3.94. The summed E-state index contributed by atoms with van der Waals surface area (Å²) in [7, 11) is 0. The quantitative estimate of drug-likeness (QED) is 0.729. The van der Waals surface area contributed by atoms with Crippen LogP contribution in [0.4, 0.5) is 10.5 Å². The first-order valence-electron chi connectivity index (χ1n) is 8.48. The predicted octanol–water partition coefficient (Wildman–Crippen LogP) is 3.36. The number of carbonyl (C=O) groups is 2. The third-order valence-corrected chi connectivity index (χ3v) is 4.28. The summed E-state index contributed by atoms with van der Waals surface area (Å²) in [5.41, 5.74) is 2.47. The van der Waals surface area contributed by atoms with Crippen LogP contribution in [0.2, 0.25) is 0 Å². The average molecular weight is 350 g/mol. The van der Waals surface area contributed by atoms with Crippen molar-refractivity contribution in [3.05, 3.63) is 42.7 Å². The highest BCUT2D eigenvalue weighted by atomic mass is 16.3. The van der Waals surface area contributed by atoms with Gasteiger partial charge in [0.25, 0.3) is 5.91 Å². The third kappa shape index (κ3) is 2.81. The summed E-state index contributed by atoms with van der Waals surface area (Å²) < 4.78 is 5.76. The second-order valence-electron chi connectivity index (χ2n) is 6.71. The van der Waals surface area contributed by atoms with Crippen LogP contribution in [0.15, 0.2) is 47.1 Å². The van der Waals surface area contributed by atoms with Crippen molar-refractivity contribution in [2.75, 3.05) is 4.90 Å². The highest BCUT2D eigenvalue weighted by molar-refractivity contribution is 6.21. The SMILES string of the molecule is CC(C)C[C@H]1NC(=O)N(c2ccc3oc(-c4ccncc4)nc3c2)C1=O. The number of hydrogen-bond donors (Lipinski definition) is 1. The Bertz CT molecular complexity index is 981. The number of hydrogen-bond acceptors (Lipinski definition) is 5. The minimum Gasteiger partial charge on any atom is -0.436 e. The first-order chi connectivity index (χ1) is 12.5. The zero-order valence-electron chi connectivity index (χ0n) is 14.5. The van der Waals surface area contributed by atoms with Crippen molar-refractivity contribution in [3.8, 4) is 11.5 Å². The number of amides is 3. The average Bonchev–Trinajstić information content (AvgIpc) is 3.16. The van der Waals surface area contributed by atoms with Gasteiger partial charge in [0.1, 0.15) is 11.6 Å². The van der Waals surface area contributed by atoms with Gasteiger partial charge in [-0.05, 0) is 42.7 Å². The van der Waals surface area contributed by atoms with E-state index in [2.05, 4.69) is 15.3 Å². The Kier molecular flexibility index (Phi) is 3.91. The van der Waals surface area contributed by atoms with Gasteiger partial charge in [-0.1, -0.05) is 13.8 Å². The fraction of sp³-hybridized carbons (Fsp3) is 0.263. The molecule has 1 N–H and O–H groups in total. The maximum atomic E-state index is 12.6. The molecule has 0 saturated carbocycles. The zero-order chi connectivity index (χ0) is 18.3. The molecule has 3 aromatic rings. The standard InChI is InChI=1S/C19H18N4O3/c1-11(2)9-15-18(24)23(19(25)22-15)13-3-4-16-14(10-13)21-17(26-16)12-5-7-20-8-6-12/h3-8,10-11,15H,9H2,1-2H3,(H,22,25)/t15-/m1/s1. The lowest BCUT2D eigenvalue weighted by Gasteiger charge is -2.13. The van der Waals surface area contributed by atoms with Gasteiger partial charge in [0.15, 0.2) is 5.58 Å². The van der Waals surface area contributed by atoms with Crippen molar-refractivity contribution in [2.24, 2.45) is 5.92 Å². The third-order valence-electron chi connectivity index (χ3n) is 4.28. The summed E-state index contributed by atoms with van der Waals surface area (Å²) in [6.45, 7) is 4.04. The first-order valence-corrected chi connectivity index (χ1v) is 8.48. The molecular formula is C19H18N4O3. The molecule has 1 aromatic carbocycles. The van der Waals surface area contributed by atoms with E-state index >= 15 is 0 Å². The minimum absolute atomic E-state index is 0.235. The smallest absolute Gasteiger partial charge is 0.329 e. The number of oxazole rings is 1. The van der Waals surface area contributed by atoms with E-state index in [0.717, 1.165) is 5.56 Å². The van der Waals surface area contributed by atoms with Crippen molar-refractivity contribution in [1.82, 2.24) is 15.3 Å². The molecule has 1 fully saturated rings. The van der Waals surface area contributed by atoms with Crippen LogP contribution in [-0.2, 0) is 4.79 Å². The van der Waals surface area contributed by atoms with Gasteiger partial charge in [-0.2, -0.15) is 0 Å². The number of carbonyl (C=O) groups excluding carboxylic acids is 2. The Morgan fingerprint density at radius 1 is 1.19 bits per heavy atom. The Labute approximate surface area is 150 Å². The lowest BCUT2D eigenvalue weighted by Crippen LogP contribution is -2.31. The van der Waals surface area contributed by atoms with Crippen molar-refractivity contribution in [2.45, 2.75) is 26.3 Å². The first kappa shape index (κ1) is 16.3. The number of nitrogens with zero attached hydrogens (tertiary/aromatic N) is 3. The van der Waals surface area contributed by atoms with Gasteiger partial charge in [0, 0.05) is 18.0 Å². The molecule has 26 heavy (non-hydrogen) atoms. The lowest BCUT2D eigenvalue weighted by atomic mass is 10.0. The Morgan fingerprint density at radius 3 is 2.69 bits per heavy atom. The molecule has 2 aromatic heterocycles. The summed E-state index contributed by atoms with van der Waals surface area (Å²) in [5.74, 6) is 0.542. The van der Waals surface area contributed by atoms with Crippen molar-refractivity contribution >= 4 is 28.7 Å². The molecule has 132 valence electrons. The van der Waals surface area contributed by atoms with Gasteiger partial charge in [-0.25, -0.2) is 14.7 Å². The number of pyridine rings is 1. The van der Waals surface area contributed by atoms with Gasteiger partial charge in [0.2, 0.25) is 5.89 Å². The summed E-state index contributed by atoms with van der Waals surface area (Å²) >= 11 is 0. The van der Waals surface area contributed by atoms with Gasteiger partial charge in [0.05, 0.1) is 5.69 Å². The van der Waals surface area contributed by atoms with Crippen molar-refractivity contribution in [3.63, 3.8) is 0 Å². The fourth-order valence-corrected chi connectivity index (χ4v) is 3.08. The number of rotatable bonds is 4. The lowest BCUT2D eigenvalue weighted by molar-refractivity contribution is -0.118. The van der Waals surface area contributed by atoms with Crippen LogP contribution in [-0.4, -0.2) is 27.9 Å². The molecule has 0 unspecified atom stereocenters.